The second-order valence-electron chi connectivity index (χ2n) is 10.6. The van der Waals surface area contributed by atoms with Crippen molar-refractivity contribution in [3.05, 3.63) is 100 Å². The predicted octanol–water partition coefficient (Wildman–Crippen LogP) is 4.54. The van der Waals surface area contributed by atoms with Gasteiger partial charge < -0.3 is 24.8 Å². The largest absolute Gasteiger partial charge is 0.367 e. The molecule has 0 atom stereocenters. The van der Waals surface area contributed by atoms with Crippen LogP contribution in [0.4, 0.5) is 5.69 Å². The highest BCUT2D eigenvalue weighted by atomic mass is 35.5. The van der Waals surface area contributed by atoms with Crippen LogP contribution in [-0.2, 0) is 32.1 Å². The van der Waals surface area contributed by atoms with E-state index >= 15 is 0 Å². The number of ether oxygens (including phenoxy) is 1. The quantitative estimate of drug-likeness (QED) is 0.365. The van der Waals surface area contributed by atoms with Crippen molar-refractivity contribution in [2.45, 2.75) is 31.4 Å². The van der Waals surface area contributed by atoms with E-state index in [9.17, 15) is 14.4 Å². The van der Waals surface area contributed by atoms with Gasteiger partial charge in [-0.05, 0) is 54.7 Å². The fourth-order valence-corrected chi connectivity index (χ4v) is 6.16. The predicted molar refractivity (Wildman–Crippen MR) is 163 cm³/mol. The average molecular weight is 610 g/mol. The Kier molecular flexibility index (Phi) is 9.67. The van der Waals surface area contributed by atoms with Crippen LogP contribution in [0.5, 0.6) is 0 Å². The van der Waals surface area contributed by atoms with Crippen LogP contribution >= 0.6 is 23.2 Å². The number of anilines is 1. The summed E-state index contributed by atoms with van der Waals surface area (Å²) in [4.78, 5) is 45.2. The van der Waals surface area contributed by atoms with Gasteiger partial charge in [0.25, 0.3) is 5.91 Å². The van der Waals surface area contributed by atoms with E-state index in [0.29, 0.717) is 62.2 Å². The molecule has 2 fully saturated rings. The molecular weight excluding hydrogens is 575 g/mol. The molecule has 8 nitrogen and oxygen atoms in total. The van der Waals surface area contributed by atoms with Gasteiger partial charge in [-0.25, -0.2) is 0 Å². The van der Waals surface area contributed by atoms with Crippen LogP contribution in [0.1, 0.15) is 24.0 Å². The minimum absolute atomic E-state index is 0.00817. The zero-order valence-corrected chi connectivity index (χ0v) is 24.8. The Morgan fingerprint density at radius 3 is 2.31 bits per heavy atom. The van der Waals surface area contributed by atoms with Crippen molar-refractivity contribution in [2.24, 2.45) is 0 Å². The van der Waals surface area contributed by atoms with E-state index in [1.54, 1.807) is 21.9 Å². The highest BCUT2D eigenvalue weighted by Gasteiger charge is 2.54. The number of para-hydroxylation sites is 1. The normalized spacial score (nSPS) is 16.2. The third-order valence-electron chi connectivity index (χ3n) is 7.93. The van der Waals surface area contributed by atoms with Gasteiger partial charge in [-0.2, -0.15) is 0 Å². The molecule has 3 aromatic carbocycles. The first-order valence-corrected chi connectivity index (χ1v) is 14.8. The monoisotopic (exact) mass is 608 g/mol. The number of nitrogens with one attached hydrogen (secondary N) is 1. The first-order chi connectivity index (χ1) is 20.4. The van der Waals surface area contributed by atoms with E-state index in [-0.39, 0.29) is 30.9 Å². The maximum Gasteiger partial charge on any atom is 0.250 e. The first-order valence-electron chi connectivity index (χ1n) is 14.1. The fraction of sp³-hybridized carbons (Fsp3) is 0.344. The highest BCUT2D eigenvalue weighted by molar-refractivity contribution is 6.35. The Hall–Kier alpha value is -3.59. The molecule has 5 rings (SSSR count). The van der Waals surface area contributed by atoms with Crippen molar-refractivity contribution < 1.29 is 19.1 Å². The summed E-state index contributed by atoms with van der Waals surface area (Å²) < 4.78 is 5.66. The summed E-state index contributed by atoms with van der Waals surface area (Å²) in [6.07, 6.45) is 1.49. The van der Waals surface area contributed by atoms with Crippen LogP contribution in [0, 0.1) is 0 Å². The number of rotatable bonds is 10. The zero-order chi connectivity index (χ0) is 29.5. The average Bonchev–Trinajstić information content (AvgIpc) is 3.25. The van der Waals surface area contributed by atoms with Crippen LogP contribution in [-0.4, -0.2) is 72.5 Å². The number of carbonyl (C=O) groups excluding carboxylic acids is 3. The van der Waals surface area contributed by atoms with Gasteiger partial charge >= 0.3 is 0 Å². The molecule has 2 heterocycles. The van der Waals surface area contributed by atoms with E-state index in [4.69, 9.17) is 27.9 Å². The molecule has 2 aliphatic rings. The molecule has 0 aromatic heterocycles. The van der Waals surface area contributed by atoms with Crippen LogP contribution in [0.2, 0.25) is 10.0 Å². The van der Waals surface area contributed by atoms with Crippen LogP contribution in [0.25, 0.3) is 0 Å². The van der Waals surface area contributed by atoms with E-state index in [1.807, 2.05) is 66.7 Å². The molecule has 2 saturated heterocycles. The number of halogens is 2. The lowest BCUT2D eigenvalue weighted by Crippen LogP contribution is -2.57. The molecule has 3 amide bonds. The maximum absolute atomic E-state index is 13.9. The highest BCUT2D eigenvalue weighted by Crippen LogP contribution is 2.39. The Morgan fingerprint density at radius 1 is 0.929 bits per heavy atom. The molecule has 1 spiro atoms. The summed E-state index contributed by atoms with van der Waals surface area (Å²) in [7, 11) is 0. The second kappa shape index (κ2) is 13.6. The summed E-state index contributed by atoms with van der Waals surface area (Å²) in [5.41, 5.74) is 1.99. The molecule has 0 aliphatic carbocycles. The standard InChI is InChI=1S/C32H34Cl2N4O4/c33-26-12-11-25(28(34)19-26)13-16-35-29(39)20-37-23-38(27-9-5-2-6-10-27)32(31(37)41)14-17-36(18-15-32)30(40)22-42-21-24-7-3-1-4-8-24/h1-12,19H,13-18,20-23H2,(H,35,39). The van der Waals surface area contributed by atoms with E-state index in [2.05, 4.69) is 10.2 Å². The van der Waals surface area contributed by atoms with E-state index in [0.717, 1.165) is 16.8 Å². The number of amides is 3. The molecule has 0 bridgehead atoms. The first kappa shape index (κ1) is 29.9. The summed E-state index contributed by atoms with van der Waals surface area (Å²) in [6.45, 7) is 1.87. The van der Waals surface area contributed by atoms with Crippen molar-refractivity contribution in [3.63, 3.8) is 0 Å². The van der Waals surface area contributed by atoms with Gasteiger partial charge in [0, 0.05) is 35.4 Å². The molecule has 0 unspecified atom stereocenters. The van der Waals surface area contributed by atoms with Crippen molar-refractivity contribution >= 4 is 46.6 Å². The Morgan fingerprint density at radius 2 is 1.62 bits per heavy atom. The molecule has 1 N–H and O–H groups in total. The number of likely N-dealkylation sites (tertiary alicyclic amines) is 1. The van der Waals surface area contributed by atoms with E-state index in [1.165, 1.54) is 0 Å². The van der Waals surface area contributed by atoms with Crippen molar-refractivity contribution in [3.8, 4) is 0 Å². The molecule has 2 aliphatic heterocycles. The summed E-state index contributed by atoms with van der Waals surface area (Å²) in [5, 5.41) is 4.02. The fourth-order valence-electron chi connectivity index (χ4n) is 5.66. The molecule has 220 valence electrons. The minimum Gasteiger partial charge on any atom is -0.367 e. The molecule has 0 saturated carbocycles. The van der Waals surface area contributed by atoms with Gasteiger partial charge in [0.1, 0.15) is 18.7 Å². The SMILES string of the molecule is O=C(CN1CN(c2ccccc2)C2(CCN(C(=O)COCc3ccccc3)CC2)C1=O)NCCc1ccc(Cl)cc1Cl. The number of hydrogen-bond donors (Lipinski definition) is 1. The van der Waals surface area contributed by atoms with Crippen molar-refractivity contribution in [1.29, 1.82) is 0 Å². The third-order valence-corrected chi connectivity index (χ3v) is 8.52. The summed E-state index contributed by atoms with van der Waals surface area (Å²) in [5.74, 6) is -0.411. The lowest BCUT2D eigenvalue weighted by Gasteiger charge is -2.43. The summed E-state index contributed by atoms with van der Waals surface area (Å²) in [6, 6.07) is 24.8. The van der Waals surface area contributed by atoms with Crippen molar-refractivity contribution in [1.82, 2.24) is 15.1 Å². The minimum atomic E-state index is -0.819. The Labute approximate surface area is 256 Å². The molecule has 3 aromatic rings. The third kappa shape index (κ3) is 6.89. The van der Waals surface area contributed by atoms with Gasteiger partial charge in [-0.15, -0.1) is 0 Å². The lowest BCUT2D eigenvalue weighted by atomic mass is 9.85. The topological polar surface area (TPSA) is 82.2 Å². The molecule has 0 radical (unpaired) electrons. The van der Waals surface area contributed by atoms with Crippen LogP contribution < -0.4 is 10.2 Å². The number of benzene rings is 3. The van der Waals surface area contributed by atoms with Crippen LogP contribution in [0.3, 0.4) is 0 Å². The van der Waals surface area contributed by atoms with Gasteiger partial charge in [0.2, 0.25) is 11.8 Å². The Bertz CT molecular complexity index is 1400. The zero-order valence-electron chi connectivity index (χ0n) is 23.3. The molecule has 10 heteroatoms. The van der Waals surface area contributed by atoms with Gasteiger partial charge in [-0.1, -0.05) is 77.8 Å². The number of hydrogen-bond acceptors (Lipinski definition) is 5. The van der Waals surface area contributed by atoms with Gasteiger partial charge in [-0.3, -0.25) is 14.4 Å². The lowest BCUT2D eigenvalue weighted by molar-refractivity contribution is -0.142. The van der Waals surface area contributed by atoms with Gasteiger partial charge in [0.15, 0.2) is 0 Å². The van der Waals surface area contributed by atoms with Crippen molar-refractivity contribution in [2.75, 3.05) is 44.4 Å². The number of carbonyl (C=O) groups is 3. The molecular formula is C32H34Cl2N4O4. The van der Waals surface area contributed by atoms with Crippen LogP contribution in [0.15, 0.2) is 78.9 Å². The van der Waals surface area contributed by atoms with Gasteiger partial charge in [0.05, 0.1) is 13.3 Å². The maximum atomic E-state index is 13.9. The Balaban J connectivity index is 1.19. The van der Waals surface area contributed by atoms with E-state index < -0.39 is 5.54 Å². The molecule has 42 heavy (non-hydrogen) atoms. The number of nitrogens with zero attached hydrogens (tertiary/aromatic N) is 3. The second-order valence-corrected chi connectivity index (χ2v) is 11.5. The summed E-state index contributed by atoms with van der Waals surface area (Å²) >= 11 is 12.2. The smallest absolute Gasteiger partial charge is 0.250 e. The number of piperidine rings is 1.